The number of carbonyl (C=O) groups excluding carboxylic acids is 1. The Morgan fingerprint density at radius 1 is 0.667 bits per heavy atom. The minimum Gasteiger partial charge on any atom is -0.493 e. The highest BCUT2D eigenvalue weighted by molar-refractivity contribution is 6.31. The van der Waals surface area contributed by atoms with E-state index in [0.717, 1.165) is 41.7 Å². The molecular weight excluding hydrogens is 718 g/mol. The summed E-state index contributed by atoms with van der Waals surface area (Å²) in [6, 6.07) is 18.3. The molecule has 4 aromatic carbocycles. The van der Waals surface area contributed by atoms with Crippen LogP contribution in [0.15, 0.2) is 65.8 Å². The molecule has 14 heteroatoms. The van der Waals surface area contributed by atoms with Crippen LogP contribution in [0, 0.1) is 0 Å². The van der Waals surface area contributed by atoms with Crippen LogP contribution in [0.5, 0.6) is 46.0 Å². The fourth-order valence-corrected chi connectivity index (χ4v) is 6.49. The highest BCUT2D eigenvalue weighted by Gasteiger charge is 2.29. The molecule has 0 saturated heterocycles. The minimum absolute atomic E-state index is 0.203. The first-order chi connectivity index (χ1) is 26.3. The third-order valence-corrected chi connectivity index (χ3v) is 9.37. The number of halogens is 1. The van der Waals surface area contributed by atoms with Gasteiger partial charge in [-0.1, -0.05) is 22.8 Å². The molecule has 2 N–H and O–H groups in total. The maximum atomic E-state index is 12.7. The SMILES string of the molecule is COc1cc(C2NC(=O)c3cc(Cl)ccc3N2)ccc1OCCCCCOc1c(OC)cc(C2=NOC(c3cc(OC)c(OC)c(OC)c3)C2)cc1OC. The third-order valence-electron chi connectivity index (χ3n) is 9.14. The number of amides is 1. The van der Waals surface area contributed by atoms with Crippen molar-refractivity contribution in [2.24, 2.45) is 5.16 Å². The summed E-state index contributed by atoms with van der Waals surface area (Å²) in [4.78, 5) is 18.5. The minimum atomic E-state index is -0.430. The van der Waals surface area contributed by atoms with Crippen molar-refractivity contribution in [3.63, 3.8) is 0 Å². The van der Waals surface area contributed by atoms with Gasteiger partial charge in [0.05, 0.1) is 67.1 Å². The average molecular weight is 762 g/mol. The van der Waals surface area contributed by atoms with Crippen molar-refractivity contribution in [2.75, 3.05) is 61.2 Å². The molecule has 0 saturated carbocycles. The summed E-state index contributed by atoms with van der Waals surface area (Å²) < 4.78 is 45.8. The van der Waals surface area contributed by atoms with Gasteiger partial charge < -0.3 is 53.4 Å². The Kier molecular flexibility index (Phi) is 12.3. The molecule has 4 aromatic rings. The number of fused-ring (bicyclic) bond motifs is 1. The molecule has 0 fully saturated rings. The number of nitrogens with one attached hydrogen (secondary N) is 2. The molecule has 2 heterocycles. The van der Waals surface area contributed by atoms with E-state index in [1.165, 1.54) is 0 Å². The first kappa shape index (κ1) is 38.0. The van der Waals surface area contributed by atoms with Gasteiger partial charge in [0.2, 0.25) is 11.5 Å². The average Bonchev–Trinajstić information content (AvgIpc) is 3.70. The molecule has 286 valence electrons. The normalized spacial score (nSPS) is 15.8. The zero-order valence-electron chi connectivity index (χ0n) is 31.1. The molecular formula is C40H44ClN3O10. The first-order valence-electron chi connectivity index (χ1n) is 17.4. The molecule has 2 aliphatic heterocycles. The third kappa shape index (κ3) is 8.26. The largest absolute Gasteiger partial charge is 0.493 e. The highest BCUT2D eigenvalue weighted by atomic mass is 35.5. The Hall–Kier alpha value is -5.69. The molecule has 54 heavy (non-hydrogen) atoms. The lowest BCUT2D eigenvalue weighted by Gasteiger charge is -2.28. The van der Waals surface area contributed by atoms with Gasteiger partial charge in [-0.3, -0.25) is 4.79 Å². The maximum absolute atomic E-state index is 12.7. The van der Waals surface area contributed by atoms with E-state index in [1.807, 2.05) is 42.5 Å². The van der Waals surface area contributed by atoms with E-state index < -0.39 is 6.17 Å². The van der Waals surface area contributed by atoms with Crippen LogP contribution in [0.1, 0.15) is 65.0 Å². The van der Waals surface area contributed by atoms with Crippen LogP contribution in [0.4, 0.5) is 5.69 Å². The van der Waals surface area contributed by atoms with Crippen LogP contribution in [-0.4, -0.2) is 67.5 Å². The van der Waals surface area contributed by atoms with E-state index in [4.69, 9.17) is 54.3 Å². The number of anilines is 1. The molecule has 2 atom stereocenters. The van der Waals surface area contributed by atoms with Gasteiger partial charge in [0, 0.05) is 28.3 Å². The second-order valence-corrected chi connectivity index (χ2v) is 12.8. The highest BCUT2D eigenvalue weighted by Crippen LogP contribution is 2.44. The van der Waals surface area contributed by atoms with Crippen molar-refractivity contribution in [3.05, 3.63) is 87.9 Å². The van der Waals surface area contributed by atoms with Gasteiger partial charge in [-0.25, -0.2) is 0 Å². The van der Waals surface area contributed by atoms with E-state index in [9.17, 15) is 4.79 Å². The Balaban J connectivity index is 0.996. The second kappa shape index (κ2) is 17.4. The number of ether oxygens (including phenoxy) is 8. The summed E-state index contributed by atoms with van der Waals surface area (Å²) in [5, 5.41) is 11.2. The number of oxime groups is 1. The fraction of sp³-hybridized carbons (Fsp3) is 0.350. The van der Waals surface area contributed by atoms with Crippen molar-refractivity contribution < 1.29 is 47.5 Å². The summed E-state index contributed by atoms with van der Waals surface area (Å²) >= 11 is 6.07. The van der Waals surface area contributed by atoms with Crippen LogP contribution in [0.25, 0.3) is 0 Å². The summed E-state index contributed by atoms with van der Waals surface area (Å²) in [7, 11) is 9.48. The Bertz CT molecular complexity index is 1950. The van der Waals surface area contributed by atoms with Crippen LogP contribution in [0.3, 0.4) is 0 Å². The monoisotopic (exact) mass is 761 g/mol. The van der Waals surface area contributed by atoms with Crippen LogP contribution in [-0.2, 0) is 4.84 Å². The topological polar surface area (TPSA) is 137 Å². The second-order valence-electron chi connectivity index (χ2n) is 12.4. The lowest BCUT2D eigenvalue weighted by molar-refractivity contribution is 0.0853. The summed E-state index contributed by atoms with van der Waals surface area (Å²) in [5.41, 5.74) is 4.41. The number of benzene rings is 4. The Morgan fingerprint density at radius 2 is 1.30 bits per heavy atom. The zero-order valence-corrected chi connectivity index (χ0v) is 31.8. The zero-order chi connectivity index (χ0) is 38.2. The maximum Gasteiger partial charge on any atom is 0.255 e. The number of hydrogen-bond acceptors (Lipinski definition) is 12. The van der Waals surface area contributed by atoms with E-state index in [2.05, 4.69) is 15.8 Å². The van der Waals surface area contributed by atoms with E-state index in [-0.39, 0.29) is 12.0 Å². The van der Waals surface area contributed by atoms with Crippen LogP contribution >= 0.6 is 11.6 Å². The molecule has 2 unspecified atom stereocenters. The van der Waals surface area contributed by atoms with E-state index >= 15 is 0 Å². The molecule has 6 rings (SSSR count). The van der Waals surface area contributed by atoms with Crippen molar-refractivity contribution in [1.82, 2.24) is 5.32 Å². The van der Waals surface area contributed by atoms with Gasteiger partial charge in [-0.15, -0.1) is 0 Å². The molecule has 0 aliphatic carbocycles. The number of hydrogen-bond donors (Lipinski definition) is 2. The van der Waals surface area contributed by atoms with Crippen molar-refractivity contribution >= 4 is 28.9 Å². The predicted molar refractivity (Wildman–Crippen MR) is 204 cm³/mol. The molecule has 0 aromatic heterocycles. The van der Waals surface area contributed by atoms with Gasteiger partial charge in [0.15, 0.2) is 40.6 Å². The predicted octanol–water partition coefficient (Wildman–Crippen LogP) is 7.74. The van der Waals surface area contributed by atoms with Crippen LogP contribution < -0.4 is 48.5 Å². The molecule has 0 bridgehead atoms. The van der Waals surface area contributed by atoms with Gasteiger partial charge >= 0.3 is 0 Å². The van der Waals surface area contributed by atoms with E-state index in [0.29, 0.717) is 81.9 Å². The van der Waals surface area contributed by atoms with E-state index in [1.54, 1.807) is 60.9 Å². The van der Waals surface area contributed by atoms with Gasteiger partial charge in [0.1, 0.15) is 6.17 Å². The number of rotatable bonds is 17. The summed E-state index contributed by atoms with van der Waals surface area (Å²) in [5.74, 6) is 4.14. The molecule has 1 amide bonds. The Labute approximate surface area is 319 Å². The van der Waals surface area contributed by atoms with Crippen LogP contribution in [0.2, 0.25) is 5.02 Å². The summed E-state index contributed by atoms with van der Waals surface area (Å²) in [6.07, 6.45) is 2.16. The molecule has 13 nitrogen and oxygen atoms in total. The Morgan fingerprint density at radius 3 is 1.94 bits per heavy atom. The van der Waals surface area contributed by atoms with Crippen molar-refractivity contribution in [1.29, 1.82) is 0 Å². The first-order valence-corrected chi connectivity index (χ1v) is 17.8. The molecule has 2 aliphatic rings. The molecule has 0 radical (unpaired) electrons. The number of nitrogens with zero attached hydrogens (tertiary/aromatic N) is 1. The smallest absolute Gasteiger partial charge is 0.255 e. The number of unbranched alkanes of at least 4 members (excludes halogenated alkanes) is 2. The lowest BCUT2D eigenvalue weighted by Crippen LogP contribution is -2.38. The quantitative estimate of drug-likeness (QED) is 0.102. The van der Waals surface area contributed by atoms with Gasteiger partial charge in [-0.2, -0.15) is 0 Å². The van der Waals surface area contributed by atoms with Gasteiger partial charge in [-0.05, 0) is 79.4 Å². The van der Waals surface area contributed by atoms with Gasteiger partial charge in [0.25, 0.3) is 5.91 Å². The fourth-order valence-electron chi connectivity index (χ4n) is 6.32. The van der Waals surface area contributed by atoms with Crippen molar-refractivity contribution in [2.45, 2.75) is 38.0 Å². The van der Waals surface area contributed by atoms with Crippen molar-refractivity contribution in [3.8, 4) is 46.0 Å². The number of carbonyl (C=O) groups is 1. The standard InChI is InChI=1S/C40H44ClN3O10/c1-46-32-16-23(39-42-28-12-11-26(41)21-27(28)40(45)43-39)10-13-30(32)52-14-8-7-9-15-53-38-35(49-4)17-24(18-36(38)50-5)29-22-31(54-44-29)25-19-33(47-2)37(51-6)34(20-25)48-3/h10-13,16-21,31,39,42H,7-9,14-15,22H2,1-6H3,(H,43,45). The lowest BCUT2D eigenvalue weighted by atomic mass is 9.99. The summed E-state index contributed by atoms with van der Waals surface area (Å²) in [6.45, 7) is 0.942. The molecule has 0 spiro atoms. The number of methoxy groups -OCH3 is 6.